The normalized spacial score (nSPS) is 10.4. The van der Waals surface area contributed by atoms with E-state index in [-0.39, 0.29) is 0 Å². The molecule has 0 aromatic heterocycles. The summed E-state index contributed by atoms with van der Waals surface area (Å²) in [6.07, 6.45) is 2.07. The molecule has 0 aliphatic heterocycles. The highest BCUT2D eigenvalue weighted by molar-refractivity contribution is 5.28. The molecule has 112 valence electrons. The number of benzene rings is 2. The first-order valence-electron chi connectivity index (χ1n) is 7.28. The van der Waals surface area contributed by atoms with Crippen LogP contribution >= 0.6 is 0 Å². The Balaban J connectivity index is 1.64. The Hall–Kier alpha value is -2.00. The zero-order chi connectivity index (χ0) is 14.9. The maximum Gasteiger partial charge on any atom is 0.118 e. The third-order valence-electron chi connectivity index (χ3n) is 3.50. The molecule has 0 amide bonds. The van der Waals surface area contributed by atoms with Crippen molar-refractivity contribution in [3.05, 3.63) is 59.7 Å². The molecule has 3 heteroatoms. The van der Waals surface area contributed by atoms with Gasteiger partial charge in [0, 0.05) is 0 Å². The summed E-state index contributed by atoms with van der Waals surface area (Å²) in [5.41, 5.74) is 2.65. The van der Waals surface area contributed by atoms with Crippen molar-refractivity contribution in [2.45, 2.75) is 12.8 Å². The van der Waals surface area contributed by atoms with Gasteiger partial charge in [-0.15, -0.1) is 0 Å². The fraction of sp³-hybridized carbons (Fsp3) is 0.333. The fourth-order valence-electron chi connectivity index (χ4n) is 2.17. The highest BCUT2D eigenvalue weighted by Crippen LogP contribution is 2.12. The summed E-state index contributed by atoms with van der Waals surface area (Å²) in [6.45, 7) is 1.98. The first-order chi connectivity index (χ1) is 10.3. The molecule has 1 N–H and O–H groups in total. The largest absolute Gasteiger partial charge is 0.497 e. The lowest BCUT2D eigenvalue weighted by molar-refractivity contribution is 0.414. The third kappa shape index (κ3) is 5.12. The first-order valence-corrected chi connectivity index (χ1v) is 7.28. The minimum absolute atomic E-state index is 0.909. The predicted octanol–water partition coefficient (Wildman–Crippen LogP) is 3.08. The van der Waals surface area contributed by atoms with Gasteiger partial charge >= 0.3 is 0 Å². The van der Waals surface area contributed by atoms with Gasteiger partial charge in [-0.05, 0) is 61.3 Å². The Morgan fingerprint density at radius 3 is 1.38 bits per heavy atom. The summed E-state index contributed by atoms with van der Waals surface area (Å²) in [6, 6.07) is 16.5. The molecule has 2 aromatic carbocycles. The zero-order valence-corrected chi connectivity index (χ0v) is 12.8. The van der Waals surface area contributed by atoms with Crippen molar-refractivity contribution in [2.24, 2.45) is 0 Å². The molecule has 0 saturated heterocycles. The van der Waals surface area contributed by atoms with Crippen LogP contribution in [0.15, 0.2) is 48.5 Å². The summed E-state index contributed by atoms with van der Waals surface area (Å²) in [5.74, 6) is 1.82. The van der Waals surface area contributed by atoms with Gasteiger partial charge < -0.3 is 14.8 Å². The smallest absolute Gasteiger partial charge is 0.118 e. The van der Waals surface area contributed by atoms with Crippen molar-refractivity contribution in [3.63, 3.8) is 0 Å². The molecule has 0 bridgehead atoms. The van der Waals surface area contributed by atoms with Crippen molar-refractivity contribution in [2.75, 3.05) is 27.3 Å². The third-order valence-corrected chi connectivity index (χ3v) is 3.50. The zero-order valence-electron chi connectivity index (χ0n) is 12.8. The summed E-state index contributed by atoms with van der Waals surface area (Å²) in [5, 5.41) is 3.48. The van der Waals surface area contributed by atoms with Gasteiger partial charge in [0.1, 0.15) is 11.5 Å². The standard InChI is InChI=1S/C18H23NO2/c1-20-17-7-3-15(4-8-17)11-13-19-14-12-16-5-9-18(21-2)10-6-16/h3-10,19H,11-14H2,1-2H3. The van der Waals surface area contributed by atoms with Crippen molar-refractivity contribution >= 4 is 0 Å². The molecule has 0 aliphatic carbocycles. The lowest BCUT2D eigenvalue weighted by Gasteiger charge is -2.07. The van der Waals surface area contributed by atoms with E-state index in [1.165, 1.54) is 11.1 Å². The monoisotopic (exact) mass is 285 g/mol. The average Bonchev–Trinajstić information content (AvgIpc) is 2.55. The van der Waals surface area contributed by atoms with E-state index in [0.717, 1.165) is 37.4 Å². The second kappa shape index (κ2) is 8.32. The summed E-state index contributed by atoms with van der Waals surface area (Å²) < 4.78 is 10.3. The van der Waals surface area contributed by atoms with Crippen molar-refractivity contribution in [1.82, 2.24) is 5.32 Å². The van der Waals surface area contributed by atoms with Gasteiger partial charge in [0.25, 0.3) is 0 Å². The number of hydrogen-bond acceptors (Lipinski definition) is 3. The molecule has 21 heavy (non-hydrogen) atoms. The van der Waals surface area contributed by atoms with E-state index < -0.39 is 0 Å². The van der Waals surface area contributed by atoms with Crippen LogP contribution in [0.4, 0.5) is 0 Å². The lowest BCUT2D eigenvalue weighted by Crippen LogP contribution is -2.20. The van der Waals surface area contributed by atoms with Gasteiger partial charge in [-0.3, -0.25) is 0 Å². The van der Waals surface area contributed by atoms with Crippen LogP contribution in [0, 0.1) is 0 Å². The van der Waals surface area contributed by atoms with Crippen LogP contribution in [0.2, 0.25) is 0 Å². The van der Waals surface area contributed by atoms with Gasteiger partial charge in [-0.2, -0.15) is 0 Å². The van der Waals surface area contributed by atoms with Crippen LogP contribution in [-0.2, 0) is 12.8 Å². The lowest BCUT2D eigenvalue weighted by atomic mass is 10.1. The van der Waals surface area contributed by atoms with Crippen LogP contribution in [0.25, 0.3) is 0 Å². The topological polar surface area (TPSA) is 30.5 Å². The van der Waals surface area contributed by atoms with E-state index in [1.54, 1.807) is 14.2 Å². The van der Waals surface area contributed by atoms with Crippen molar-refractivity contribution in [1.29, 1.82) is 0 Å². The number of rotatable bonds is 8. The van der Waals surface area contributed by atoms with E-state index in [2.05, 4.69) is 29.6 Å². The maximum absolute atomic E-state index is 5.15. The Morgan fingerprint density at radius 1 is 0.667 bits per heavy atom. The van der Waals surface area contributed by atoms with Crippen molar-refractivity contribution < 1.29 is 9.47 Å². The van der Waals surface area contributed by atoms with E-state index in [0.29, 0.717) is 0 Å². The molecule has 0 fully saturated rings. The highest BCUT2D eigenvalue weighted by Gasteiger charge is 1.96. The number of hydrogen-bond donors (Lipinski definition) is 1. The van der Waals surface area contributed by atoms with Crippen LogP contribution in [0.3, 0.4) is 0 Å². The molecule has 3 nitrogen and oxygen atoms in total. The molecule has 0 atom stereocenters. The molecule has 0 radical (unpaired) electrons. The summed E-state index contributed by atoms with van der Waals surface area (Å²) >= 11 is 0. The Bertz CT molecular complexity index is 470. The SMILES string of the molecule is COc1ccc(CCNCCc2ccc(OC)cc2)cc1. The maximum atomic E-state index is 5.15. The van der Waals surface area contributed by atoms with E-state index in [1.807, 2.05) is 24.3 Å². The Kier molecular flexibility index (Phi) is 6.10. The van der Waals surface area contributed by atoms with Gasteiger partial charge in [-0.1, -0.05) is 24.3 Å². The van der Waals surface area contributed by atoms with Crippen molar-refractivity contribution in [3.8, 4) is 11.5 Å². The van der Waals surface area contributed by atoms with Gasteiger partial charge in [-0.25, -0.2) is 0 Å². The Labute approximate surface area is 126 Å². The highest BCUT2D eigenvalue weighted by atomic mass is 16.5. The molecule has 0 aliphatic rings. The van der Waals surface area contributed by atoms with Crippen LogP contribution in [-0.4, -0.2) is 27.3 Å². The Morgan fingerprint density at radius 2 is 1.05 bits per heavy atom. The molecular formula is C18H23NO2. The fourth-order valence-corrected chi connectivity index (χ4v) is 2.17. The number of ether oxygens (including phenoxy) is 2. The summed E-state index contributed by atoms with van der Waals surface area (Å²) in [7, 11) is 3.38. The van der Waals surface area contributed by atoms with Crippen LogP contribution in [0.1, 0.15) is 11.1 Å². The molecule has 0 heterocycles. The molecule has 0 unspecified atom stereocenters. The van der Waals surface area contributed by atoms with E-state index in [9.17, 15) is 0 Å². The van der Waals surface area contributed by atoms with Gasteiger partial charge in [0.05, 0.1) is 14.2 Å². The van der Waals surface area contributed by atoms with Gasteiger partial charge in [0.15, 0.2) is 0 Å². The van der Waals surface area contributed by atoms with E-state index >= 15 is 0 Å². The van der Waals surface area contributed by atoms with E-state index in [4.69, 9.17) is 9.47 Å². The number of nitrogens with one attached hydrogen (secondary N) is 1. The second-order valence-electron chi connectivity index (χ2n) is 4.95. The second-order valence-corrected chi connectivity index (χ2v) is 4.95. The molecular weight excluding hydrogens is 262 g/mol. The number of methoxy groups -OCH3 is 2. The minimum atomic E-state index is 0.909. The molecule has 0 spiro atoms. The average molecular weight is 285 g/mol. The van der Waals surface area contributed by atoms with Crippen LogP contribution in [0.5, 0.6) is 11.5 Å². The molecule has 2 aromatic rings. The molecule has 2 rings (SSSR count). The van der Waals surface area contributed by atoms with Gasteiger partial charge in [0.2, 0.25) is 0 Å². The quantitative estimate of drug-likeness (QED) is 0.756. The summed E-state index contributed by atoms with van der Waals surface area (Å²) in [4.78, 5) is 0. The first kappa shape index (κ1) is 15.4. The molecule has 0 saturated carbocycles. The van der Waals surface area contributed by atoms with Crippen LogP contribution < -0.4 is 14.8 Å². The minimum Gasteiger partial charge on any atom is -0.497 e. The predicted molar refractivity (Wildman–Crippen MR) is 86.3 cm³/mol.